The fraction of sp³-hybridized carbons (Fsp3) is 0.643. The predicted molar refractivity (Wildman–Crippen MR) is 75.5 cm³/mol. The molecule has 1 heterocycles. The van der Waals surface area contributed by atoms with Gasteiger partial charge in [-0.05, 0) is 19.4 Å². The zero-order chi connectivity index (χ0) is 13.5. The standard InChI is InChI=1S/C14H25N3O/c1-4-5-6-7-8-11(2)16-14(18)13-9-12(15)10-17(13)3/h9-11H,4-8,15H2,1-3H3,(H,16,18). The second-order valence-electron chi connectivity index (χ2n) is 4.99. The van der Waals surface area contributed by atoms with Crippen LogP contribution in [0.4, 0.5) is 5.69 Å². The van der Waals surface area contributed by atoms with Crippen LogP contribution >= 0.6 is 0 Å². The molecule has 1 unspecified atom stereocenters. The minimum absolute atomic E-state index is 0.0443. The highest BCUT2D eigenvalue weighted by Gasteiger charge is 2.13. The smallest absolute Gasteiger partial charge is 0.268 e. The van der Waals surface area contributed by atoms with Crippen LogP contribution in [0.3, 0.4) is 0 Å². The molecule has 0 aliphatic rings. The third-order valence-electron chi connectivity index (χ3n) is 3.13. The lowest BCUT2D eigenvalue weighted by atomic mass is 10.1. The van der Waals surface area contributed by atoms with Gasteiger partial charge in [-0.3, -0.25) is 4.79 Å². The van der Waals surface area contributed by atoms with E-state index in [4.69, 9.17) is 5.73 Å². The van der Waals surface area contributed by atoms with Gasteiger partial charge in [-0.2, -0.15) is 0 Å². The first kappa shape index (κ1) is 14.6. The van der Waals surface area contributed by atoms with Crippen molar-refractivity contribution in [2.24, 2.45) is 7.05 Å². The van der Waals surface area contributed by atoms with Gasteiger partial charge in [0.1, 0.15) is 5.69 Å². The van der Waals surface area contributed by atoms with Crippen molar-refractivity contribution in [2.45, 2.75) is 52.0 Å². The van der Waals surface area contributed by atoms with Gasteiger partial charge < -0.3 is 15.6 Å². The summed E-state index contributed by atoms with van der Waals surface area (Å²) < 4.78 is 1.76. The molecule has 4 nitrogen and oxygen atoms in total. The molecule has 0 radical (unpaired) electrons. The number of hydrogen-bond donors (Lipinski definition) is 2. The second-order valence-corrected chi connectivity index (χ2v) is 4.99. The summed E-state index contributed by atoms with van der Waals surface area (Å²) >= 11 is 0. The molecule has 0 fully saturated rings. The number of aromatic nitrogens is 1. The summed E-state index contributed by atoms with van der Waals surface area (Å²) in [6, 6.07) is 1.92. The normalized spacial score (nSPS) is 12.4. The third-order valence-corrected chi connectivity index (χ3v) is 3.13. The maximum absolute atomic E-state index is 12.0. The average molecular weight is 251 g/mol. The fourth-order valence-electron chi connectivity index (χ4n) is 2.06. The van der Waals surface area contributed by atoms with E-state index in [9.17, 15) is 4.79 Å². The van der Waals surface area contributed by atoms with Gasteiger partial charge in [-0.15, -0.1) is 0 Å². The number of carbonyl (C=O) groups excluding carboxylic acids is 1. The molecule has 0 bridgehead atoms. The predicted octanol–water partition coefficient (Wildman–Crippen LogP) is 2.70. The van der Waals surface area contributed by atoms with E-state index in [2.05, 4.69) is 19.2 Å². The van der Waals surface area contributed by atoms with Crippen molar-refractivity contribution in [1.29, 1.82) is 0 Å². The minimum Gasteiger partial charge on any atom is -0.397 e. The highest BCUT2D eigenvalue weighted by atomic mass is 16.2. The molecule has 1 aromatic rings. The zero-order valence-electron chi connectivity index (χ0n) is 11.7. The van der Waals surface area contributed by atoms with Crippen LogP contribution in [0.2, 0.25) is 0 Å². The lowest BCUT2D eigenvalue weighted by molar-refractivity contribution is 0.0929. The van der Waals surface area contributed by atoms with Crippen LogP contribution in [-0.4, -0.2) is 16.5 Å². The Bertz CT molecular complexity index is 384. The second kappa shape index (κ2) is 7.09. The maximum atomic E-state index is 12.0. The summed E-state index contributed by atoms with van der Waals surface area (Å²) in [5.74, 6) is -0.0443. The van der Waals surface area contributed by atoms with Crippen molar-refractivity contribution in [3.63, 3.8) is 0 Å². The molecule has 0 aliphatic heterocycles. The van der Waals surface area contributed by atoms with E-state index in [0.29, 0.717) is 11.4 Å². The molecule has 1 rings (SSSR count). The Morgan fingerprint density at radius 3 is 2.72 bits per heavy atom. The third kappa shape index (κ3) is 4.43. The van der Waals surface area contributed by atoms with Crippen LogP contribution in [0.15, 0.2) is 12.3 Å². The summed E-state index contributed by atoms with van der Waals surface area (Å²) in [7, 11) is 1.83. The van der Waals surface area contributed by atoms with Gasteiger partial charge in [0.2, 0.25) is 0 Å². The molecule has 4 heteroatoms. The number of aryl methyl sites for hydroxylation is 1. The Hall–Kier alpha value is -1.45. The number of hydrogen-bond acceptors (Lipinski definition) is 2. The van der Waals surface area contributed by atoms with Crippen molar-refractivity contribution >= 4 is 11.6 Å². The van der Waals surface area contributed by atoms with E-state index in [1.165, 1.54) is 25.7 Å². The number of nitrogen functional groups attached to an aromatic ring is 1. The summed E-state index contributed by atoms with van der Waals surface area (Å²) in [6.07, 6.45) is 7.71. The van der Waals surface area contributed by atoms with Gasteiger partial charge in [0, 0.05) is 19.3 Å². The summed E-state index contributed by atoms with van der Waals surface area (Å²) in [4.78, 5) is 12.0. The average Bonchev–Trinajstić information content (AvgIpc) is 2.64. The molecule has 0 aromatic carbocycles. The Balaban J connectivity index is 2.37. The number of nitrogens with zero attached hydrogens (tertiary/aromatic N) is 1. The van der Waals surface area contributed by atoms with Gasteiger partial charge in [-0.1, -0.05) is 32.6 Å². The summed E-state index contributed by atoms with van der Waals surface area (Å²) in [5, 5.41) is 3.01. The molecule has 3 N–H and O–H groups in total. The van der Waals surface area contributed by atoms with E-state index in [-0.39, 0.29) is 11.9 Å². The number of carbonyl (C=O) groups is 1. The van der Waals surface area contributed by atoms with Crippen molar-refractivity contribution < 1.29 is 4.79 Å². The monoisotopic (exact) mass is 251 g/mol. The Morgan fingerprint density at radius 2 is 2.17 bits per heavy atom. The molecule has 0 saturated carbocycles. The van der Waals surface area contributed by atoms with E-state index in [1.807, 2.05) is 7.05 Å². The van der Waals surface area contributed by atoms with E-state index < -0.39 is 0 Å². The maximum Gasteiger partial charge on any atom is 0.268 e. The van der Waals surface area contributed by atoms with Crippen molar-refractivity contribution in [3.05, 3.63) is 18.0 Å². The highest BCUT2D eigenvalue weighted by molar-refractivity contribution is 5.93. The molecular formula is C14H25N3O. The number of nitrogens with two attached hydrogens (primary N) is 1. The number of nitrogens with one attached hydrogen (secondary N) is 1. The van der Waals surface area contributed by atoms with E-state index >= 15 is 0 Å². The Labute approximate surface area is 110 Å². The fourth-order valence-corrected chi connectivity index (χ4v) is 2.06. The largest absolute Gasteiger partial charge is 0.397 e. The van der Waals surface area contributed by atoms with Gasteiger partial charge in [-0.25, -0.2) is 0 Å². The molecule has 0 saturated heterocycles. The number of amides is 1. The van der Waals surface area contributed by atoms with Crippen LogP contribution in [0.25, 0.3) is 0 Å². The van der Waals surface area contributed by atoms with E-state index in [1.54, 1.807) is 16.8 Å². The van der Waals surface area contributed by atoms with Crippen LogP contribution in [0.5, 0.6) is 0 Å². The van der Waals surface area contributed by atoms with E-state index in [0.717, 1.165) is 6.42 Å². The molecule has 0 aliphatic carbocycles. The molecule has 102 valence electrons. The van der Waals surface area contributed by atoms with Crippen molar-refractivity contribution in [1.82, 2.24) is 9.88 Å². The van der Waals surface area contributed by atoms with Crippen LogP contribution < -0.4 is 11.1 Å². The molecule has 1 amide bonds. The van der Waals surface area contributed by atoms with Crippen molar-refractivity contribution in [3.8, 4) is 0 Å². The Kier molecular flexibility index (Phi) is 5.75. The first-order valence-corrected chi connectivity index (χ1v) is 6.77. The first-order valence-electron chi connectivity index (χ1n) is 6.77. The van der Waals surface area contributed by atoms with Crippen molar-refractivity contribution in [2.75, 3.05) is 5.73 Å². The zero-order valence-corrected chi connectivity index (χ0v) is 11.7. The van der Waals surface area contributed by atoms with Gasteiger partial charge in [0.25, 0.3) is 5.91 Å². The molecule has 18 heavy (non-hydrogen) atoms. The van der Waals surface area contributed by atoms with Crippen LogP contribution in [-0.2, 0) is 7.05 Å². The molecule has 1 atom stereocenters. The van der Waals surface area contributed by atoms with Crippen LogP contribution in [0.1, 0.15) is 56.4 Å². The lowest BCUT2D eigenvalue weighted by Gasteiger charge is -2.13. The Morgan fingerprint density at radius 1 is 1.44 bits per heavy atom. The molecular weight excluding hydrogens is 226 g/mol. The van der Waals surface area contributed by atoms with Gasteiger partial charge in [0.05, 0.1) is 5.69 Å². The molecule has 1 aromatic heterocycles. The number of unbranched alkanes of at least 4 members (excludes halogenated alkanes) is 3. The first-order chi connectivity index (χ1) is 8.54. The van der Waals surface area contributed by atoms with Gasteiger partial charge in [0.15, 0.2) is 0 Å². The number of rotatable bonds is 7. The minimum atomic E-state index is -0.0443. The van der Waals surface area contributed by atoms with Crippen LogP contribution in [0, 0.1) is 0 Å². The quantitative estimate of drug-likeness (QED) is 0.732. The lowest BCUT2D eigenvalue weighted by Crippen LogP contribution is -2.33. The summed E-state index contributed by atoms with van der Waals surface area (Å²) in [5.41, 5.74) is 6.90. The highest BCUT2D eigenvalue weighted by Crippen LogP contribution is 2.10. The topological polar surface area (TPSA) is 60.1 Å². The molecule has 0 spiro atoms. The number of anilines is 1. The van der Waals surface area contributed by atoms with Gasteiger partial charge >= 0.3 is 0 Å². The SMILES string of the molecule is CCCCCCC(C)NC(=O)c1cc(N)cn1C. The summed E-state index contributed by atoms with van der Waals surface area (Å²) in [6.45, 7) is 4.25.